The van der Waals surface area contributed by atoms with Gasteiger partial charge in [0.05, 0.1) is 0 Å². The van der Waals surface area contributed by atoms with Crippen molar-refractivity contribution in [2.45, 2.75) is 27.7 Å². The highest BCUT2D eigenvalue weighted by atomic mass is 14.7. The van der Waals surface area contributed by atoms with E-state index in [-0.39, 0.29) is 0 Å². The summed E-state index contributed by atoms with van der Waals surface area (Å²) >= 11 is 0. The molecule has 0 aliphatic heterocycles. The third-order valence-corrected chi connectivity index (χ3v) is 2.65. The molecule has 19 heavy (non-hydrogen) atoms. The Morgan fingerprint density at radius 3 is 2.47 bits per heavy atom. The molecule has 0 radical (unpaired) electrons. The van der Waals surface area contributed by atoms with Gasteiger partial charge in [-0.1, -0.05) is 36.4 Å². The van der Waals surface area contributed by atoms with Crippen LogP contribution in [0.15, 0.2) is 52.7 Å². The molecular formula is C17H22N2. The molecule has 0 aromatic heterocycles. The quantitative estimate of drug-likeness (QED) is 0.653. The second-order valence-electron chi connectivity index (χ2n) is 4.53. The second-order valence-corrected chi connectivity index (χ2v) is 4.53. The molecule has 0 bridgehead atoms. The molecule has 100 valence electrons. The van der Waals surface area contributed by atoms with E-state index in [2.05, 4.69) is 29.3 Å². The first kappa shape index (κ1) is 15.0. The number of hydrogen-bond donors (Lipinski definition) is 1. The smallest absolute Gasteiger partial charge is 0.0446 e. The van der Waals surface area contributed by atoms with Crippen molar-refractivity contribution in [2.24, 2.45) is 10.7 Å². The van der Waals surface area contributed by atoms with Crippen LogP contribution in [0.5, 0.6) is 0 Å². The van der Waals surface area contributed by atoms with E-state index in [1.54, 1.807) is 0 Å². The van der Waals surface area contributed by atoms with E-state index < -0.39 is 0 Å². The summed E-state index contributed by atoms with van der Waals surface area (Å²) in [5.41, 5.74) is 8.63. The van der Waals surface area contributed by atoms with Crippen LogP contribution in [0.4, 0.5) is 0 Å². The summed E-state index contributed by atoms with van der Waals surface area (Å²) in [5.74, 6) is 0. The molecule has 0 aliphatic rings. The van der Waals surface area contributed by atoms with Crippen molar-refractivity contribution in [1.82, 2.24) is 0 Å². The molecule has 1 aromatic rings. The zero-order valence-corrected chi connectivity index (χ0v) is 12.1. The van der Waals surface area contributed by atoms with Crippen LogP contribution in [0.25, 0.3) is 11.8 Å². The van der Waals surface area contributed by atoms with Gasteiger partial charge >= 0.3 is 0 Å². The summed E-state index contributed by atoms with van der Waals surface area (Å²) in [6.07, 6.45) is 7.94. The molecular weight excluding hydrogens is 232 g/mol. The van der Waals surface area contributed by atoms with Crippen LogP contribution in [0.3, 0.4) is 0 Å². The van der Waals surface area contributed by atoms with Gasteiger partial charge in [-0.15, -0.1) is 0 Å². The maximum absolute atomic E-state index is 5.66. The SMILES string of the molecule is CC=N\C(C)=c1/cccc/c1=C/C=C(C)/C=C(\C)N. The van der Waals surface area contributed by atoms with Gasteiger partial charge < -0.3 is 5.73 Å². The van der Waals surface area contributed by atoms with E-state index in [0.717, 1.165) is 27.4 Å². The zero-order chi connectivity index (χ0) is 14.3. The first-order chi connectivity index (χ1) is 9.04. The summed E-state index contributed by atoms with van der Waals surface area (Å²) in [6.45, 7) is 7.87. The summed E-state index contributed by atoms with van der Waals surface area (Å²) < 4.78 is 0. The predicted molar refractivity (Wildman–Crippen MR) is 85.1 cm³/mol. The first-order valence-corrected chi connectivity index (χ1v) is 6.41. The lowest BCUT2D eigenvalue weighted by atomic mass is 10.1. The molecule has 2 N–H and O–H groups in total. The molecule has 0 fully saturated rings. The topological polar surface area (TPSA) is 38.4 Å². The van der Waals surface area contributed by atoms with Crippen LogP contribution in [0.1, 0.15) is 27.7 Å². The van der Waals surface area contributed by atoms with Crippen LogP contribution in [-0.2, 0) is 0 Å². The van der Waals surface area contributed by atoms with E-state index in [0.29, 0.717) is 0 Å². The van der Waals surface area contributed by atoms with Gasteiger partial charge in [0.1, 0.15) is 0 Å². The van der Waals surface area contributed by atoms with Gasteiger partial charge in [0, 0.05) is 22.8 Å². The number of benzene rings is 1. The third-order valence-electron chi connectivity index (χ3n) is 2.65. The van der Waals surface area contributed by atoms with Crippen molar-refractivity contribution >= 4 is 18.0 Å². The highest BCUT2D eigenvalue weighted by Gasteiger charge is 1.89. The highest BCUT2D eigenvalue weighted by Crippen LogP contribution is 1.97. The molecule has 1 rings (SSSR count). The number of nitrogens with two attached hydrogens (primary N) is 1. The van der Waals surface area contributed by atoms with Crippen molar-refractivity contribution < 1.29 is 0 Å². The number of rotatable bonds is 3. The van der Waals surface area contributed by atoms with Gasteiger partial charge in [-0.25, -0.2) is 0 Å². The number of allylic oxidation sites excluding steroid dienone is 4. The van der Waals surface area contributed by atoms with Crippen LogP contribution in [0, 0.1) is 0 Å². The largest absolute Gasteiger partial charge is 0.402 e. The van der Waals surface area contributed by atoms with Gasteiger partial charge in [-0.05, 0) is 44.6 Å². The van der Waals surface area contributed by atoms with Gasteiger partial charge in [0.15, 0.2) is 0 Å². The van der Waals surface area contributed by atoms with Crippen LogP contribution in [-0.4, -0.2) is 6.21 Å². The average molecular weight is 254 g/mol. The molecule has 0 atom stereocenters. The number of hydrogen-bond acceptors (Lipinski definition) is 2. The van der Waals surface area contributed by atoms with E-state index in [4.69, 9.17) is 5.73 Å². The summed E-state index contributed by atoms with van der Waals surface area (Å²) in [5, 5.41) is 2.31. The maximum Gasteiger partial charge on any atom is 0.0446 e. The van der Waals surface area contributed by atoms with Crippen LogP contribution in [0.2, 0.25) is 0 Å². The van der Waals surface area contributed by atoms with Gasteiger partial charge in [-0.2, -0.15) is 0 Å². The van der Waals surface area contributed by atoms with Crippen molar-refractivity contribution in [2.75, 3.05) is 0 Å². The number of nitrogens with zero attached hydrogens (tertiary/aromatic N) is 1. The minimum atomic E-state index is 0.814. The Hall–Kier alpha value is -2.09. The van der Waals surface area contributed by atoms with E-state index in [9.17, 15) is 0 Å². The monoisotopic (exact) mass is 254 g/mol. The Balaban J connectivity index is 3.38. The normalized spacial score (nSPS) is 16.1. The van der Waals surface area contributed by atoms with Gasteiger partial charge in [-0.3, -0.25) is 4.99 Å². The molecule has 0 spiro atoms. The Morgan fingerprint density at radius 2 is 1.84 bits per heavy atom. The minimum Gasteiger partial charge on any atom is -0.402 e. The Labute approximate surface area is 115 Å². The average Bonchev–Trinajstić information content (AvgIpc) is 2.36. The van der Waals surface area contributed by atoms with Gasteiger partial charge in [0.25, 0.3) is 0 Å². The molecule has 0 aliphatic carbocycles. The molecule has 0 saturated carbocycles. The third kappa shape index (κ3) is 4.96. The van der Waals surface area contributed by atoms with E-state index in [1.807, 2.05) is 52.1 Å². The molecule has 0 saturated heterocycles. The lowest BCUT2D eigenvalue weighted by Crippen LogP contribution is -2.25. The molecule has 0 amide bonds. The van der Waals surface area contributed by atoms with Crippen LogP contribution < -0.4 is 16.2 Å². The molecule has 1 aromatic carbocycles. The van der Waals surface area contributed by atoms with Crippen molar-refractivity contribution in [1.29, 1.82) is 0 Å². The van der Waals surface area contributed by atoms with Gasteiger partial charge in [0.2, 0.25) is 0 Å². The highest BCUT2D eigenvalue weighted by molar-refractivity contribution is 5.62. The van der Waals surface area contributed by atoms with E-state index >= 15 is 0 Å². The lowest BCUT2D eigenvalue weighted by molar-refractivity contribution is 1.29. The summed E-state index contributed by atoms with van der Waals surface area (Å²) in [6, 6.07) is 8.24. The first-order valence-electron chi connectivity index (χ1n) is 6.41. The Morgan fingerprint density at radius 1 is 1.16 bits per heavy atom. The Kier molecular flexibility index (Phi) is 5.80. The van der Waals surface area contributed by atoms with Crippen molar-refractivity contribution in [3.63, 3.8) is 0 Å². The Bertz CT molecular complexity index is 627. The number of aliphatic imine (C=N–C) groups is 1. The molecule has 2 nitrogen and oxygen atoms in total. The minimum absolute atomic E-state index is 0.814. The lowest BCUT2D eigenvalue weighted by Gasteiger charge is -1.95. The molecule has 0 unspecified atom stereocenters. The standard InChI is InChI=1S/C17H22N2/c1-5-19-15(4)17-9-7-6-8-16(17)11-10-13(2)12-14(3)18/h5-12H,18H2,1-4H3/b13-10+,14-12+,16-11-,17-15+,19-5?. The molecule has 2 heteroatoms. The maximum atomic E-state index is 5.66. The fraction of sp³-hybridized carbons (Fsp3) is 0.235. The summed E-state index contributed by atoms with van der Waals surface area (Å²) in [7, 11) is 0. The summed E-state index contributed by atoms with van der Waals surface area (Å²) in [4.78, 5) is 4.35. The van der Waals surface area contributed by atoms with Crippen molar-refractivity contribution in [3.8, 4) is 0 Å². The fourth-order valence-corrected chi connectivity index (χ4v) is 1.86. The predicted octanol–water partition coefficient (Wildman–Crippen LogP) is 2.49. The van der Waals surface area contributed by atoms with Crippen LogP contribution >= 0.6 is 0 Å². The molecule has 0 heterocycles. The van der Waals surface area contributed by atoms with E-state index in [1.165, 1.54) is 0 Å². The second kappa shape index (κ2) is 7.37. The van der Waals surface area contributed by atoms with Crippen molar-refractivity contribution in [3.05, 3.63) is 58.1 Å². The zero-order valence-electron chi connectivity index (χ0n) is 12.1. The fourth-order valence-electron chi connectivity index (χ4n) is 1.86.